The number of methoxy groups -OCH3 is 1. The average molecular weight is 395 g/mol. The minimum Gasteiger partial charge on any atom is -0.497 e. The molecule has 1 aliphatic heterocycles. The zero-order valence-corrected chi connectivity index (χ0v) is 15.9. The molecule has 0 atom stereocenters. The Kier molecular flexibility index (Phi) is 4.94. The van der Waals surface area contributed by atoms with Gasteiger partial charge >= 0.3 is 0 Å². The summed E-state index contributed by atoms with van der Waals surface area (Å²) in [6.45, 7) is -0.181. The molecule has 0 aliphatic carbocycles. The van der Waals surface area contributed by atoms with Crippen molar-refractivity contribution in [3.63, 3.8) is 0 Å². The number of carbonyl (C=O) groups is 2. The zero-order valence-electron chi connectivity index (χ0n) is 15.0. The van der Waals surface area contributed by atoms with Crippen molar-refractivity contribution in [2.75, 3.05) is 30.5 Å². The molecule has 28 heavy (non-hydrogen) atoms. The molecular formula is C20H17N3O4S. The molecule has 0 fully saturated rings. The van der Waals surface area contributed by atoms with Crippen LogP contribution < -0.4 is 19.7 Å². The molecule has 2 heterocycles. The molecule has 0 unspecified atom stereocenters. The van der Waals surface area contributed by atoms with Gasteiger partial charge in [-0.25, -0.2) is 4.98 Å². The highest BCUT2D eigenvalue weighted by Gasteiger charge is 2.27. The fraction of sp³-hybridized carbons (Fsp3) is 0.150. The van der Waals surface area contributed by atoms with E-state index in [-0.39, 0.29) is 25.0 Å². The van der Waals surface area contributed by atoms with Crippen LogP contribution in [0.4, 0.5) is 10.8 Å². The molecule has 7 nitrogen and oxygen atoms in total. The Morgan fingerprint density at radius 1 is 1.25 bits per heavy atom. The van der Waals surface area contributed by atoms with Gasteiger partial charge < -0.3 is 14.8 Å². The van der Waals surface area contributed by atoms with Gasteiger partial charge in [-0.15, -0.1) is 11.3 Å². The second-order valence-corrected chi connectivity index (χ2v) is 6.91. The van der Waals surface area contributed by atoms with Crippen molar-refractivity contribution in [1.29, 1.82) is 0 Å². The molecule has 4 rings (SSSR count). The van der Waals surface area contributed by atoms with Crippen molar-refractivity contribution in [3.05, 3.63) is 53.9 Å². The summed E-state index contributed by atoms with van der Waals surface area (Å²) in [6.07, 6.45) is 0. The number of rotatable bonds is 5. The topological polar surface area (TPSA) is 80.8 Å². The Morgan fingerprint density at radius 3 is 2.82 bits per heavy atom. The van der Waals surface area contributed by atoms with Crippen LogP contribution in [0.15, 0.2) is 53.9 Å². The van der Waals surface area contributed by atoms with Crippen LogP contribution in [0.1, 0.15) is 0 Å². The highest BCUT2D eigenvalue weighted by molar-refractivity contribution is 7.14. The van der Waals surface area contributed by atoms with Crippen molar-refractivity contribution in [1.82, 2.24) is 4.98 Å². The summed E-state index contributed by atoms with van der Waals surface area (Å²) >= 11 is 1.33. The predicted molar refractivity (Wildman–Crippen MR) is 107 cm³/mol. The van der Waals surface area contributed by atoms with E-state index in [1.54, 1.807) is 25.3 Å². The molecule has 0 bridgehead atoms. The monoisotopic (exact) mass is 395 g/mol. The van der Waals surface area contributed by atoms with E-state index in [2.05, 4.69) is 10.3 Å². The number of aromatic nitrogens is 1. The second kappa shape index (κ2) is 7.69. The number of amides is 2. The van der Waals surface area contributed by atoms with Gasteiger partial charge in [-0.1, -0.05) is 12.1 Å². The number of hydrogen-bond donors (Lipinski definition) is 1. The number of para-hydroxylation sites is 2. The minimum absolute atomic E-state index is 0.0802. The van der Waals surface area contributed by atoms with Crippen LogP contribution in [-0.4, -0.2) is 37.1 Å². The largest absolute Gasteiger partial charge is 0.497 e. The summed E-state index contributed by atoms with van der Waals surface area (Å²) < 4.78 is 10.5. The number of nitrogens with zero attached hydrogens (tertiary/aromatic N) is 2. The molecule has 0 saturated heterocycles. The van der Waals surface area contributed by atoms with E-state index in [4.69, 9.17) is 9.47 Å². The van der Waals surface area contributed by atoms with E-state index >= 15 is 0 Å². The number of thiazole rings is 1. The number of fused-ring (bicyclic) bond motifs is 1. The molecule has 0 saturated carbocycles. The third-order valence-electron chi connectivity index (χ3n) is 4.25. The van der Waals surface area contributed by atoms with E-state index in [0.29, 0.717) is 16.6 Å². The normalized spacial score (nSPS) is 12.9. The van der Waals surface area contributed by atoms with Gasteiger partial charge in [0.15, 0.2) is 11.7 Å². The van der Waals surface area contributed by atoms with Gasteiger partial charge in [0, 0.05) is 10.9 Å². The molecule has 1 aliphatic rings. The van der Waals surface area contributed by atoms with E-state index in [1.165, 1.54) is 16.2 Å². The van der Waals surface area contributed by atoms with Crippen molar-refractivity contribution in [2.45, 2.75) is 0 Å². The predicted octanol–water partition coefficient (Wildman–Crippen LogP) is 3.18. The van der Waals surface area contributed by atoms with Crippen LogP contribution >= 0.6 is 11.3 Å². The molecular weight excluding hydrogens is 378 g/mol. The van der Waals surface area contributed by atoms with E-state index < -0.39 is 0 Å². The van der Waals surface area contributed by atoms with Gasteiger partial charge in [-0.3, -0.25) is 14.5 Å². The summed E-state index contributed by atoms with van der Waals surface area (Å²) in [5, 5.41) is 5.11. The van der Waals surface area contributed by atoms with Crippen molar-refractivity contribution in [2.24, 2.45) is 0 Å². The number of hydrogen-bond acceptors (Lipinski definition) is 6. The lowest BCUT2D eigenvalue weighted by Gasteiger charge is -2.28. The smallest absolute Gasteiger partial charge is 0.265 e. The lowest BCUT2D eigenvalue weighted by molar-refractivity contribution is -0.123. The zero-order chi connectivity index (χ0) is 19.5. The lowest BCUT2D eigenvalue weighted by atomic mass is 10.2. The van der Waals surface area contributed by atoms with Crippen molar-refractivity contribution < 1.29 is 19.1 Å². The third kappa shape index (κ3) is 3.67. The van der Waals surface area contributed by atoms with Crippen LogP contribution in [0.5, 0.6) is 11.5 Å². The average Bonchev–Trinajstić information content (AvgIpc) is 3.18. The first-order valence-electron chi connectivity index (χ1n) is 8.56. The first-order chi connectivity index (χ1) is 13.6. The van der Waals surface area contributed by atoms with Crippen LogP contribution in [0.25, 0.3) is 11.3 Å². The van der Waals surface area contributed by atoms with Gasteiger partial charge in [0.05, 0.1) is 18.5 Å². The van der Waals surface area contributed by atoms with Gasteiger partial charge in [-0.05, 0) is 36.4 Å². The fourth-order valence-corrected chi connectivity index (χ4v) is 3.59. The third-order valence-corrected chi connectivity index (χ3v) is 5.00. The molecule has 8 heteroatoms. The van der Waals surface area contributed by atoms with Crippen LogP contribution in [-0.2, 0) is 9.59 Å². The van der Waals surface area contributed by atoms with E-state index in [1.807, 2.05) is 35.7 Å². The fourth-order valence-electron chi connectivity index (χ4n) is 2.86. The summed E-state index contributed by atoms with van der Waals surface area (Å²) in [6, 6.07) is 14.7. The summed E-state index contributed by atoms with van der Waals surface area (Å²) in [5.41, 5.74) is 2.28. The van der Waals surface area contributed by atoms with Crippen LogP contribution in [0, 0.1) is 0 Å². The molecule has 2 aromatic carbocycles. The van der Waals surface area contributed by atoms with Crippen molar-refractivity contribution >= 4 is 34.0 Å². The maximum atomic E-state index is 12.5. The molecule has 3 aromatic rings. The minimum atomic E-state index is -0.319. The molecule has 2 amide bonds. The first-order valence-corrected chi connectivity index (χ1v) is 9.44. The van der Waals surface area contributed by atoms with Crippen molar-refractivity contribution in [3.8, 4) is 22.8 Å². The number of carbonyl (C=O) groups excluding carboxylic acids is 2. The standard InChI is InChI=1S/C20H17N3O4S/c1-26-14-8-6-13(7-9-14)15-12-28-20(21-15)22-18(24)10-23-16-4-2-3-5-17(16)27-11-19(23)25/h2-9,12H,10-11H2,1H3,(H,21,22,24). The van der Waals surface area contributed by atoms with Gasteiger partial charge in [0.2, 0.25) is 5.91 Å². The quantitative estimate of drug-likeness (QED) is 0.718. The molecule has 1 N–H and O–H groups in total. The maximum absolute atomic E-state index is 12.5. The Balaban J connectivity index is 1.44. The summed E-state index contributed by atoms with van der Waals surface area (Å²) in [7, 11) is 1.61. The number of nitrogens with one attached hydrogen (secondary N) is 1. The van der Waals surface area contributed by atoms with E-state index in [0.717, 1.165) is 17.0 Å². The Morgan fingerprint density at radius 2 is 2.04 bits per heavy atom. The van der Waals surface area contributed by atoms with Crippen LogP contribution in [0.3, 0.4) is 0 Å². The van der Waals surface area contributed by atoms with Gasteiger partial charge in [0.1, 0.15) is 18.0 Å². The maximum Gasteiger partial charge on any atom is 0.265 e. The Hall–Kier alpha value is -3.39. The number of benzene rings is 2. The molecule has 0 spiro atoms. The Labute approximate surface area is 165 Å². The second-order valence-electron chi connectivity index (χ2n) is 6.05. The summed E-state index contributed by atoms with van der Waals surface area (Å²) in [4.78, 5) is 30.5. The van der Waals surface area contributed by atoms with Crippen LogP contribution in [0.2, 0.25) is 0 Å². The molecule has 142 valence electrons. The molecule has 0 radical (unpaired) electrons. The Bertz CT molecular complexity index is 1020. The molecule has 1 aromatic heterocycles. The van der Waals surface area contributed by atoms with Gasteiger partial charge in [-0.2, -0.15) is 0 Å². The lowest BCUT2D eigenvalue weighted by Crippen LogP contribution is -2.43. The highest BCUT2D eigenvalue weighted by Crippen LogP contribution is 2.31. The number of ether oxygens (including phenoxy) is 2. The SMILES string of the molecule is COc1ccc(-c2csc(NC(=O)CN3C(=O)COc4ccccc43)n2)cc1. The first kappa shape index (κ1) is 18.0. The van der Waals surface area contributed by atoms with E-state index in [9.17, 15) is 9.59 Å². The summed E-state index contributed by atoms with van der Waals surface area (Å²) in [5.74, 6) is 0.779. The number of anilines is 2. The highest BCUT2D eigenvalue weighted by atomic mass is 32.1. The van der Waals surface area contributed by atoms with Gasteiger partial charge in [0.25, 0.3) is 5.91 Å².